The second-order valence-electron chi connectivity index (χ2n) is 7.27. The van der Waals surface area contributed by atoms with Crippen LogP contribution in [0.2, 0.25) is 5.02 Å². The van der Waals surface area contributed by atoms with E-state index in [0.29, 0.717) is 29.9 Å². The lowest BCUT2D eigenvalue weighted by Gasteiger charge is -2.21. The SMILES string of the molecule is Cc1cccc(C(=O)N2CCCN(Cc3nnc(-c4ccccc4Cl)o3)CC2)c1. The maximum Gasteiger partial charge on any atom is 0.253 e. The number of benzene rings is 2. The molecule has 0 N–H and O–H groups in total. The van der Waals surface area contributed by atoms with Gasteiger partial charge in [-0.25, -0.2) is 0 Å². The van der Waals surface area contributed by atoms with Crippen molar-refractivity contribution >= 4 is 17.5 Å². The lowest BCUT2D eigenvalue weighted by Crippen LogP contribution is -2.35. The maximum absolute atomic E-state index is 12.8. The first-order valence-electron chi connectivity index (χ1n) is 9.76. The van der Waals surface area contributed by atoms with Crippen LogP contribution in [0.3, 0.4) is 0 Å². The van der Waals surface area contributed by atoms with Crippen LogP contribution in [-0.4, -0.2) is 52.1 Å². The maximum atomic E-state index is 12.8. The Morgan fingerprint density at radius 1 is 1.07 bits per heavy atom. The summed E-state index contributed by atoms with van der Waals surface area (Å²) in [6, 6.07) is 15.2. The number of carbonyl (C=O) groups is 1. The van der Waals surface area contributed by atoms with E-state index in [1.807, 2.05) is 54.3 Å². The van der Waals surface area contributed by atoms with Gasteiger partial charge >= 0.3 is 0 Å². The minimum atomic E-state index is 0.0920. The Hall–Kier alpha value is -2.70. The van der Waals surface area contributed by atoms with Gasteiger partial charge in [-0.2, -0.15) is 0 Å². The monoisotopic (exact) mass is 410 g/mol. The molecule has 1 aliphatic rings. The van der Waals surface area contributed by atoms with Crippen LogP contribution in [0, 0.1) is 6.92 Å². The fraction of sp³-hybridized carbons (Fsp3) is 0.318. The van der Waals surface area contributed by atoms with Gasteiger partial charge in [0.25, 0.3) is 5.91 Å². The van der Waals surface area contributed by atoms with Crippen LogP contribution in [-0.2, 0) is 6.54 Å². The van der Waals surface area contributed by atoms with Crippen LogP contribution in [0.4, 0.5) is 0 Å². The molecule has 0 radical (unpaired) electrons. The number of rotatable bonds is 4. The van der Waals surface area contributed by atoms with Gasteiger partial charge in [-0.3, -0.25) is 9.69 Å². The van der Waals surface area contributed by atoms with Gasteiger partial charge in [0.05, 0.1) is 17.1 Å². The predicted molar refractivity (Wildman–Crippen MR) is 112 cm³/mol. The average molecular weight is 411 g/mol. The van der Waals surface area contributed by atoms with Crippen molar-refractivity contribution in [3.8, 4) is 11.5 Å². The quantitative estimate of drug-likeness (QED) is 0.649. The van der Waals surface area contributed by atoms with E-state index in [-0.39, 0.29) is 5.91 Å². The highest BCUT2D eigenvalue weighted by Crippen LogP contribution is 2.26. The lowest BCUT2D eigenvalue weighted by molar-refractivity contribution is 0.0760. The molecule has 1 amide bonds. The Labute approximate surface area is 175 Å². The van der Waals surface area contributed by atoms with Gasteiger partial charge < -0.3 is 9.32 Å². The van der Waals surface area contributed by atoms with Gasteiger partial charge in [0.1, 0.15) is 0 Å². The number of hydrogen-bond acceptors (Lipinski definition) is 5. The standard InChI is InChI=1S/C22H23ClN4O2/c1-16-6-4-7-17(14-16)22(28)27-11-5-10-26(12-13-27)15-20-24-25-21(29-20)18-8-2-3-9-19(18)23/h2-4,6-9,14H,5,10-13,15H2,1H3. The zero-order valence-corrected chi connectivity index (χ0v) is 17.1. The minimum absolute atomic E-state index is 0.0920. The predicted octanol–water partition coefficient (Wildman–Crippen LogP) is 4.05. The zero-order chi connectivity index (χ0) is 20.2. The van der Waals surface area contributed by atoms with Gasteiger partial charge in [0.15, 0.2) is 0 Å². The van der Waals surface area contributed by atoms with E-state index in [1.165, 1.54) is 0 Å². The zero-order valence-electron chi connectivity index (χ0n) is 16.3. The number of aromatic nitrogens is 2. The van der Waals surface area contributed by atoms with Crippen molar-refractivity contribution < 1.29 is 9.21 Å². The highest BCUT2D eigenvalue weighted by Gasteiger charge is 2.22. The van der Waals surface area contributed by atoms with E-state index in [1.54, 1.807) is 6.07 Å². The van der Waals surface area contributed by atoms with Crippen molar-refractivity contribution in [1.82, 2.24) is 20.0 Å². The molecule has 1 fully saturated rings. The van der Waals surface area contributed by atoms with Crippen LogP contribution >= 0.6 is 11.6 Å². The summed E-state index contributed by atoms with van der Waals surface area (Å²) >= 11 is 6.21. The summed E-state index contributed by atoms with van der Waals surface area (Å²) in [7, 11) is 0. The molecule has 0 atom stereocenters. The molecule has 0 spiro atoms. The molecule has 29 heavy (non-hydrogen) atoms. The van der Waals surface area contributed by atoms with Crippen LogP contribution in [0.25, 0.3) is 11.5 Å². The van der Waals surface area contributed by atoms with Crippen molar-refractivity contribution in [2.45, 2.75) is 19.9 Å². The highest BCUT2D eigenvalue weighted by molar-refractivity contribution is 6.33. The van der Waals surface area contributed by atoms with Crippen molar-refractivity contribution in [2.75, 3.05) is 26.2 Å². The summed E-state index contributed by atoms with van der Waals surface area (Å²) < 4.78 is 5.82. The van der Waals surface area contributed by atoms with Gasteiger partial charge in [0, 0.05) is 31.7 Å². The van der Waals surface area contributed by atoms with Crippen LogP contribution in [0.5, 0.6) is 0 Å². The normalized spacial score (nSPS) is 15.3. The molecule has 0 unspecified atom stereocenters. The number of aryl methyl sites for hydroxylation is 1. The topological polar surface area (TPSA) is 62.5 Å². The Kier molecular flexibility index (Phi) is 5.92. The number of nitrogens with zero attached hydrogens (tertiary/aromatic N) is 4. The van der Waals surface area contributed by atoms with E-state index < -0.39 is 0 Å². The molecule has 1 aliphatic heterocycles. The fourth-order valence-electron chi connectivity index (χ4n) is 3.55. The number of halogens is 1. The highest BCUT2D eigenvalue weighted by atomic mass is 35.5. The van der Waals surface area contributed by atoms with E-state index in [0.717, 1.165) is 42.7 Å². The Bertz CT molecular complexity index is 1000. The average Bonchev–Trinajstić information content (AvgIpc) is 3.05. The molecule has 2 heterocycles. The molecule has 1 saturated heterocycles. The molecule has 0 bridgehead atoms. The van der Waals surface area contributed by atoms with E-state index in [2.05, 4.69) is 15.1 Å². The number of amides is 1. The van der Waals surface area contributed by atoms with E-state index in [4.69, 9.17) is 16.0 Å². The molecule has 2 aromatic carbocycles. The Balaban J connectivity index is 1.38. The largest absolute Gasteiger partial charge is 0.419 e. The van der Waals surface area contributed by atoms with E-state index in [9.17, 15) is 4.79 Å². The van der Waals surface area contributed by atoms with Gasteiger partial charge in [-0.05, 0) is 37.6 Å². The summed E-state index contributed by atoms with van der Waals surface area (Å²) in [6.07, 6.45) is 0.906. The van der Waals surface area contributed by atoms with Crippen molar-refractivity contribution in [3.63, 3.8) is 0 Å². The molecule has 3 aromatic rings. The summed E-state index contributed by atoms with van der Waals surface area (Å²) in [4.78, 5) is 17.0. The summed E-state index contributed by atoms with van der Waals surface area (Å²) in [6.45, 7) is 5.63. The molecular formula is C22H23ClN4O2. The minimum Gasteiger partial charge on any atom is -0.419 e. The molecule has 0 saturated carbocycles. The van der Waals surface area contributed by atoms with Crippen molar-refractivity contribution in [2.24, 2.45) is 0 Å². The number of carbonyl (C=O) groups excluding carboxylic acids is 1. The Morgan fingerprint density at radius 3 is 2.76 bits per heavy atom. The van der Waals surface area contributed by atoms with Gasteiger partial charge in [-0.15, -0.1) is 10.2 Å². The second kappa shape index (κ2) is 8.76. The van der Waals surface area contributed by atoms with Crippen molar-refractivity contribution in [1.29, 1.82) is 0 Å². The third-order valence-electron chi connectivity index (χ3n) is 5.07. The Morgan fingerprint density at radius 2 is 1.93 bits per heavy atom. The number of hydrogen-bond donors (Lipinski definition) is 0. The molecule has 4 rings (SSSR count). The van der Waals surface area contributed by atoms with Gasteiger partial charge in [0.2, 0.25) is 11.8 Å². The van der Waals surface area contributed by atoms with E-state index >= 15 is 0 Å². The van der Waals surface area contributed by atoms with Crippen LogP contribution in [0.15, 0.2) is 52.9 Å². The molecule has 7 heteroatoms. The lowest BCUT2D eigenvalue weighted by atomic mass is 10.1. The first-order valence-corrected chi connectivity index (χ1v) is 10.1. The summed E-state index contributed by atoms with van der Waals surface area (Å²) in [5, 5.41) is 8.89. The molecule has 0 aliphatic carbocycles. The summed E-state index contributed by atoms with van der Waals surface area (Å²) in [5.41, 5.74) is 2.58. The third kappa shape index (κ3) is 4.66. The summed E-state index contributed by atoms with van der Waals surface area (Å²) in [5.74, 6) is 1.07. The first kappa shape index (κ1) is 19.6. The smallest absolute Gasteiger partial charge is 0.253 e. The van der Waals surface area contributed by atoms with Crippen LogP contribution in [0.1, 0.15) is 28.2 Å². The molecular weight excluding hydrogens is 388 g/mol. The first-order chi connectivity index (χ1) is 14.1. The van der Waals surface area contributed by atoms with Crippen LogP contribution < -0.4 is 0 Å². The van der Waals surface area contributed by atoms with Gasteiger partial charge in [-0.1, -0.05) is 41.4 Å². The molecule has 150 valence electrons. The van der Waals surface area contributed by atoms with Crippen molar-refractivity contribution in [3.05, 3.63) is 70.6 Å². The second-order valence-corrected chi connectivity index (χ2v) is 7.68. The molecule has 1 aromatic heterocycles. The third-order valence-corrected chi connectivity index (χ3v) is 5.40. The fourth-order valence-corrected chi connectivity index (χ4v) is 3.76. The molecule has 6 nitrogen and oxygen atoms in total.